The number of aryl methyl sites for hydroxylation is 1. The Morgan fingerprint density at radius 1 is 1.08 bits per heavy atom. The monoisotopic (exact) mass is 329 g/mol. The minimum absolute atomic E-state index is 0.151. The van der Waals surface area contributed by atoms with Crippen molar-refractivity contribution in [1.82, 2.24) is 10.1 Å². The number of ether oxygens (including phenoxy) is 2. The third-order valence-electron chi connectivity index (χ3n) is 3.50. The lowest BCUT2D eigenvalue weighted by atomic mass is 10.2. The summed E-state index contributed by atoms with van der Waals surface area (Å²) in [5.74, 6) is 1.25. The maximum atomic E-state index is 13.6. The van der Waals surface area contributed by atoms with Crippen molar-refractivity contribution in [2.24, 2.45) is 0 Å². The number of anilines is 2. The molecule has 3 rings (SSSR count). The lowest BCUT2D eigenvalue weighted by Crippen LogP contribution is -1.93. The fourth-order valence-electron chi connectivity index (χ4n) is 2.17. The molecule has 24 heavy (non-hydrogen) atoms. The van der Waals surface area contributed by atoms with Crippen molar-refractivity contribution < 1.29 is 18.4 Å². The number of rotatable bonds is 5. The Morgan fingerprint density at radius 3 is 2.62 bits per heavy atom. The van der Waals surface area contributed by atoms with E-state index >= 15 is 0 Å². The highest BCUT2D eigenvalue weighted by Gasteiger charge is 2.15. The molecular weight excluding hydrogens is 313 g/mol. The van der Waals surface area contributed by atoms with E-state index in [2.05, 4.69) is 15.5 Å². The Hall–Kier alpha value is -3.09. The number of halogens is 1. The topological polar surface area (TPSA) is 69.4 Å². The first-order valence-corrected chi connectivity index (χ1v) is 7.20. The van der Waals surface area contributed by atoms with Crippen LogP contribution in [0.4, 0.5) is 16.1 Å². The minimum Gasteiger partial charge on any atom is -0.497 e. The lowest BCUT2D eigenvalue weighted by Gasteiger charge is -2.07. The lowest BCUT2D eigenvalue weighted by molar-refractivity contribution is 0.403. The van der Waals surface area contributed by atoms with Crippen molar-refractivity contribution in [1.29, 1.82) is 0 Å². The van der Waals surface area contributed by atoms with E-state index in [1.807, 2.05) is 0 Å². The van der Waals surface area contributed by atoms with Crippen LogP contribution >= 0.6 is 0 Å². The van der Waals surface area contributed by atoms with Gasteiger partial charge in [-0.15, -0.1) is 0 Å². The summed E-state index contributed by atoms with van der Waals surface area (Å²) in [6.07, 6.45) is 0. The van der Waals surface area contributed by atoms with E-state index in [0.29, 0.717) is 34.1 Å². The Kier molecular flexibility index (Phi) is 4.33. The molecule has 0 aliphatic heterocycles. The van der Waals surface area contributed by atoms with Gasteiger partial charge in [0.05, 0.1) is 19.8 Å². The van der Waals surface area contributed by atoms with Crippen LogP contribution in [0.25, 0.3) is 11.4 Å². The van der Waals surface area contributed by atoms with Crippen LogP contribution in [0.3, 0.4) is 0 Å². The van der Waals surface area contributed by atoms with Crippen LogP contribution in [0.15, 0.2) is 40.9 Å². The van der Waals surface area contributed by atoms with Gasteiger partial charge in [0.15, 0.2) is 0 Å². The third kappa shape index (κ3) is 3.15. The highest BCUT2D eigenvalue weighted by molar-refractivity contribution is 5.67. The molecule has 0 unspecified atom stereocenters. The van der Waals surface area contributed by atoms with Crippen molar-refractivity contribution in [3.05, 3.63) is 47.8 Å². The fourth-order valence-corrected chi connectivity index (χ4v) is 2.17. The van der Waals surface area contributed by atoms with E-state index in [4.69, 9.17) is 14.0 Å². The zero-order valence-electron chi connectivity index (χ0n) is 13.5. The average Bonchev–Trinajstić information content (AvgIpc) is 3.06. The number of hydrogen-bond acceptors (Lipinski definition) is 6. The summed E-state index contributed by atoms with van der Waals surface area (Å²) in [5, 5.41) is 6.80. The highest BCUT2D eigenvalue weighted by atomic mass is 19.1. The van der Waals surface area contributed by atoms with E-state index in [1.165, 1.54) is 6.07 Å². The maximum Gasteiger partial charge on any atom is 0.326 e. The molecule has 0 amide bonds. The molecule has 1 N–H and O–H groups in total. The predicted octanol–water partition coefficient (Wildman–Crippen LogP) is 3.94. The molecule has 0 aliphatic rings. The predicted molar refractivity (Wildman–Crippen MR) is 87.3 cm³/mol. The Balaban J connectivity index is 1.89. The van der Waals surface area contributed by atoms with Gasteiger partial charge in [-0.05, 0) is 42.8 Å². The maximum absolute atomic E-state index is 13.6. The summed E-state index contributed by atoms with van der Waals surface area (Å²) in [4.78, 5) is 4.26. The molecule has 0 bridgehead atoms. The van der Waals surface area contributed by atoms with Gasteiger partial charge in [-0.25, -0.2) is 4.39 Å². The number of benzene rings is 2. The van der Waals surface area contributed by atoms with Crippen LogP contribution < -0.4 is 14.8 Å². The molecular formula is C17H16FN3O3. The fraction of sp³-hybridized carbons (Fsp3) is 0.176. The van der Waals surface area contributed by atoms with Gasteiger partial charge < -0.3 is 19.3 Å². The van der Waals surface area contributed by atoms with E-state index in [-0.39, 0.29) is 11.8 Å². The zero-order chi connectivity index (χ0) is 17.1. The van der Waals surface area contributed by atoms with Crippen LogP contribution in [0.2, 0.25) is 0 Å². The molecule has 0 radical (unpaired) electrons. The Labute approximate surface area is 138 Å². The molecule has 1 heterocycles. The number of nitrogens with one attached hydrogen (secondary N) is 1. The van der Waals surface area contributed by atoms with E-state index in [9.17, 15) is 4.39 Å². The minimum atomic E-state index is -0.311. The standard InChI is InChI=1S/C17H16FN3O3/c1-10-4-5-11(8-14(10)18)19-17-20-16(21-24-17)13-9-12(22-2)6-7-15(13)23-3/h4-9H,1-3H3,(H,19,20,21). The van der Waals surface area contributed by atoms with Crippen LogP contribution in [0.5, 0.6) is 11.5 Å². The third-order valence-corrected chi connectivity index (χ3v) is 3.50. The van der Waals surface area contributed by atoms with Crippen molar-refractivity contribution in [2.75, 3.05) is 19.5 Å². The summed E-state index contributed by atoms with van der Waals surface area (Å²) in [5.41, 5.74) is 1.71. The number of methoxy groups -OCH3 is 2. The molecule has 0 atom stereocenters. The van der Waals surface area contributed by atoms with Crippen LogP contribution in [0.1, 0.15) is 5.56 Å². The first kappa shape index (κ1) is 15.8. The van der Waals surface area contributed by atoms with Crippen LogP contribution in [0, 0.1) is 12.7 Å². The largest absolute Gasteiger partial charge is 0.497 e. The molecule has 2 aromatic carbocycles. The first-order valence-electron chi connectivity index (χ1n) is 7.20. The van der Waals surface area contributed by atoms with Crippen LogP contribution in [-0.4, -0.2) is 24.4 Å². The molecule has 0 spiro atoms. The smallest absolute Gasteiger partial charge is 0.326 e. The molecule has 0 saturated carbocycles. The number of hydrogen-bond donors (Lipinski definition) is 1. The van der Waals surface area contributed by atoms with Gasteiger partial charge in [-0.1, -0.05) is 11.2 Å². The molecule has 7 heteroatoms. The van der Waals surface area contributed by atoms with Gasteiger partial charge in [0.1, 0.15) is 17.3 Å². The van der Waals surface area contributed by atoms with Crippen molar-refractivity contribution in [3.8, 4) is 22.9 Å². The van der Waals surface area contributed by atoms with Gasteiger partial charge in [0.25, 0.3) is 0 Å². The second-order valence-corrected chi connectivity index (χ2v) is 5.08. The average molecular weight is 329 g/mol. The van der Waals surface area contributed by atoms with Gasteiger partial charge in [0.2, 0.25) is 5.82 Å². The molecule has 124 valence electrons. The Bertz CT molecular complexity index is 864. The summed E-state index contributed by atoms with van der Waals surface area (Å²) in [7, 11) is 3.13. The molecule has 0 saturated heterocycles. The Morgan fingerprint density at radius 2 is 1.92 bits per heavy atom. The van der Waals surface area contributed by atoms with Crippen molar-refractivity contribution >= 4 is 11.7 Å². The number of nitrogens with zero attached hydrogens (tertiary/aromatic N) is 2. The van der Waals surface area contributed by atoms with E-state index < -0.39 is 0 Å². The quantitative estimate of drug-likeness (QED) is 0.764. The molecule has 1 aromatic heterocycles. The first-order chi connectivity index (χ1) is 11.6. The van der Waals surface area contributed by atoms with Gasteiger partial charge >= 0.3 is 6.01 Å². The van der Waals surface area contributed by atoms with E-state index in [1.54, 1.807) is 51.5 Å². The molecule has 3 aromatic rings. The van der Waals surface area contributed by atoms with Gasteiger partial charge in [0, 0.05) is 5.69 Å². The normalized spacial score (nSPS) is 10.5. The van der Waals surface area contributed by atoms with Crippen LogP contribution in [-0.2, 0) is 0 Å². The second kappa shape index (κ2) is 6.57. The summed E-state index contributed by atoms with van der Waals surface area (Å²) < 4.78 is 29.3. The number of aromatic nitrogens is 2. The summed E-state index contributed by atoms with van der Waals surface area (Å²) >= 11 is 0. The molecule has 0 aliphatic carbocycles. The van der Waals surface area contributed by atoms with Crippen molar-refractivity contribution in [2.45, 2.75) is 6.92 Å². The SMILES string of the molecule is COc1ccc(OC)c(-c2noc(Nc3ccc(C)c(F)c3)n2)c1. The zero-order valence-corrected chi connectivity index (χ0v) is 13.5. The highest BCUT2D eigenvalue weighted by Crippen LogP contribution is 2.32. The molecule has 6 nitrogen and oxygen atoms in total. The summed E-state index contributed by atoms with van der Waals surface area (Å²) in [6, 6.07) is 10.2. The molecule has 0 fully saturated rings. The van der Waals surface area contributed by atoms with E-state index in [0.717, 1.165) is 0 Å². The second-order valence-electron chi connectivity index (χ2n) is 5.08. The van der Waals surface area contributed by atoms with Gasteiger partial charge in [-0.3, -0.25) is 0 Å². The van der Waals surface area contributed by atoms with Gasteiger partial charge in [-0.2, -0.15) is 4.98 Å². The summed E-state index contributed by atoms with van der Waals surface area (Å²) in [6.45, 7) is 1.69. The van der Waals surface area contributed by atoms with Crippen molar-refractivity contribution in [3.63, 3.8) is 0 Å².